The summed E-state index contributed by atoms with van der Waals surface area (Å²) < 4.78 is 0. The largest absolute Gasteiger partial charge is 0.478 e. The number of rotatable bonds is 3. The lowest BCUT2D eigenvalue weighted by Gasteiger charge is -2.08. The average Bonchev–Trinajstić information content (AvgIpc) is 2.46. The SMILES string of the molecule is Cc1c(NCC#Cc2ccccc2)cccc1C(=O)O. The fourth-order valence-electron chi connectivity index (χ4n) is 1.87. The minimum Gasteiger partial charge on any atom is -0.478 e. The van der Waals surface area contributed by atoms with Crippen molar-refractivity contribution in [3.8, 4) is 11.8 Å². The summed E-state index contributed by atoms with van der Waals surface area (Å²) in [4.78, 5) is 11.0. The zero-order valence-electron chi connectivity index (χ0n) is 11.2. The molecule has 0 bridgehead atoms. The van der Waals surface area contributed by atoms with Crippen molar-refractivity contribution in [2.75, 3.05) is 11.9 Å². The Kier molecular flexibility index (Phi) is 4.41. The van der Waals surface area contributed by atoms with E-state index in [0.717, 1.165) is 16.8 Å². The van der Waals surface area contributed by atoms with Crippen LogP contribution in [0.15, 0.2) is 48.5 Å². The highest BCUT2D eigenvalue weighted by molar-refractivity contribution is 5.91. The van der Waals surface area contributed by atoms with Gasteiger partial charge < -0.3 is 10.4 Å². The molecular formula is C17H15NO2. The number of anilines is 1. The molecule has 0 radical (unpaired) electrons. The van der Waals surface area contributed by atoms with E-state index in [1.807, 2.05) is 36.4 Å². The summed E-state index contributed by atoms with van der Waals surface area (Å²) in [5.74, 6) is 5.15. The molecule has 100 valence electrons. The Balaban J connectivity index is 2.04. The van der Waals surface area contributed by atoms with Crippen molar-refractivity contribution in [1.29, 1.82) is 0 Å². The number of benzene rings is 2. The second kappa shape index (κ2) is 6.44. The van der Waals surface area contributed by atoms with Gasteiger partial charge in [-0.05, 0) is 36.8 Å². The highest BCUT2D eigenvalue weighted by atomic mass is 16.4. The van der Waals surface area contributed by atoms with Gasteiger partial charge in [-0.15, -0.1) is 0 Å². The molecular weight excluding hydrogens is 250 g/mol. The molecule has 0 aliphatic heterocycles. The zero-order valence-corrected chi connectivity index (χ0v) is 11.2. The lowest BCUT2D eigenvalue weighted by Crippen LogP contribution is -2.05. The van der Waals surface area contributed by atoms with Gasteiger partial charge in [0.1, 0.15) is 0 Å². The van der Waals surface area contributed by atoms with Crippen LogP contribution in [0.25, 0.3) is 0 Å². The monoisotopic (exact) mass is 265 g/mol. The second-order valence-corrected chi connectivity index (χ2v) is 4.30. The third kappa shape index (κ3) is 3.39. The van der Waals surface area contributed by atoms with Crippen LogP contribution >= 0.6 is 0 Å². The van der Waals surface area contributed by atoms with Crippen LogP contribution < -0.4 is 5.32 Å². The Morgan fingerprint density at radius 3 is 2.60 bits per heavy atom. The zero-order chi connectivity index (χ0) is 14.4. The normalized spacial score (nSPS) is 9.45. The number of carboxylic acid groups (broad SMARTS) is 1. The maximum absolute atomic E-state index is 11.0. The summed E-state index contributed by atoms with van der Waals surface area (Å²) in [7, 11) is 0. The molecule has 2 N–H and O–H groups in total. The van der Waals surface area contributed by atoms with Crippen LogP contribution in [0.2, 0.25) is 0 Å². The van der Waals surface area contributed by atoms with Gasteiger partial charge in [-0.2, -0.15) is 0 Å². The van der Waals surface area contributed by atoms with E-state index in [1.165, 1.54) is 0 Å². The van der Waals surface area contributed by atoms with Crippen molar-refractivity contribution in [2.24, 2.45) is 0 Å². The summed E-state index contributed by atoms with van der Waals surface area (Å²) in [6.45, 7) is 2.26. The van der Waals surface area contributed by atoms with Crippen LogP contribution in [0, 0.1) is 18.8 Å². The predicted molar refractivity (Wildman–Crippen MR) is 79.9 cm³/mol. The minimum atomic E-state index is -0.915. The topological polar surface area (TPSA) is 49.3 Å². The molecule has 3 heteroatoms. The van der Waals surface area contributed by atoms with E-state index in [4.69, 9.17) is 5.11 Å². The van der Waals surface area contributed by atoms with E-state index >= 15 is 0 Å². The number of hydrogen-bond acceptors (Lipinski definition) is 2. The summed E-state index contributed by atoms with van der Waals surface area (Å²) in [6, 6.07) is 14.9. The quantitative estimate of drug-likeness (QED) is 0.838. The van der Waals surface area contributed by atoms with Gasteiger partial charge in [-0.1, -0.05) is 36.1 Å². The van der Waals surface area contributed by atoms with Crippen LogP contribution in [-0.2, 0) is 0 Å². The van der Waals surface area contributed by atoms with Gasteiger partial charge in [0.25, 0.3) is 0 Å². The van der Waals surface area contributed by atoms with E-state index < -0.39 is 5.97 Å². The molecule has 0 aliphatic carbocycles. The first-order chi connectivity index (χ1) is 9.68. The summed E-state index contributed by atoms with van der Waals surface area (Å²) in [5.41, 5.74) is 2.80. The van der Waals surface area contributed by atoms with Gasteiger partial charge in [0.15, 0.2) is 0 Å². The van der Waals surface area contributed by atoms with Crippen molar-refractivity contribution in [3.05, 3.63) is 65.2 Å². The van der Waals surface area contributed by atoms with Crippen molar-refractivity contribution in [1.82, 2.24) is 0 Å². The first kappa shape index (κ1) is 13.7. The Bertz CT molecular complexity index is 666. The number of carbonyl (C=O) groups is 1. The fraction of sp³-hybridized carbons (Fsp3) is 0.118. The summed E-state index contributed by atoms with van der Waals surface area (Å²) >= 11 is 0. The van der Waals surface area contributed by atoms with E-state index in [-0.39, 0.29) is 0 Å². The predicted octanol–water partition coefficient (Wildman–Crippen LogP) is 3.16. The molecule has 0 aromatic heterocycles. The van der Waals surface area contributed by atoms with Gasteiger partial charge in [0.2, 0.25) is 0 Å². The molecule has 2 aromatic rings. The fourth-order valence-corrected chi connectivity index (χ4v) is 1.87. The Labute approximate surface area is 118 Å². The molecule has 2 aromatic carbocycles. The first-order valence-electron chi connectivity index (χ1n) is 6.29. The third-order valence-corrected chi connectivity index (χ3v) is 2.94. The summed E-state index contributed by atoms with van der Waals surface area (Å²) in [6.07, 6.45) is 0. The van der Waals surface area contributed by atoms with Crippen molar-refractivity contribution >= 4 is 11.7 Å². The molecule has 0 amide bonds. The molecule has 0 spiro atoms. The van der Waals surface area contributed by atoms with Gasteiger partial charge in [0.05, 0.1) is 12.1 Å². The number of nitrogens with one attached hydrogen (secondary N) is 1. The molecule has 0 fully saturated rings. The smallest absolute Gasteiger partial charge is 0.336 e. The van der Waals surface area contributed by atoms with E-state index in [0.29, 0.717) is 12.1 Å². The lowest BCUT2D eigenvalue weighted by atomic mass is 10.1. The first-order valence-corrected chi connectivity index (χ1v) is 6.29. The lowest BCUT2D eigenvalue weighted by molar-refractivity contribution is 0.0696. The Hall–Kier alpha value is -2.73. The summed E-state index contributed by atoms with van der Waals surface area (Å²) in [5, 5.41) is 12.2. The molecule has 0 atom stereocenters. The van der Waals surface area contributed by atoms with Crippen LogP contribution in [-0.4, -0.2) is 17.6 Å². The second-order valence-electron chi connectivity index (χ2n) is 4.30. The third-order valence-electron chi connectivity index (χ3n) is 2.94. The van der Waals surface area contributed by atoms with Crippen LogP contribution in [0.3, 0.4) is 0 Å². The van der Waals surface area contributed by atoms with Crippen molar-refractivity contribution in [2.45, 2.75) is 6.92 Å². The molecule has 0 heterocycles. The van der Waals surface area contributed by atoms with E-state index in [1.54, 1.807) is 19.1 Å². The van der Waals surface area contributed by atoms with Crippen molar-refractivity contribution < 1.29 is 9.90 Å². The molecule has 0 unspecified atom stereocenters. The highest BCUT2D eigenvalue weighted by Gasteiger charge is 2.08. The molecule has 0 saturated carbocycles. The Morgan fingerprint density at radius 2 is 1.90 bits per heavy atom. The van der Waals surface area contributed by atoms with E-state index in [9.17, 15) is 4.79 Å². The molecule has 2 rings (SSSR count). The molecule has 3 nitrogen and oxygen atoms in total. The Morgan fingerprint density at radius 1 is 1.15 bits per heavy atom. The van der Waals surface area contributed by atoms with Gasteiger partial charge in [0, 0.05) is 11.3 Å². The average molecular weight is 265 g/mol. The highest BCUT2D eigenvalue weighted by Crippen LogP contribution is 2.18. The maximum atomic E-state index is 11.0. The minimum absolute atomic E-state index is 0.311. The standard InChI is InChI=1S/C17H15NO2/c1-13-15(17(19)20)10-5-11-16(13)18-12-6-9-14-7-3-2-4-8-14/h2-5,7-8,10-11,18H,12H2,1H3,(H,19,20). The maximum Gasteiger partial charge on any atom is 0.336 e. The number of carboxylic acids is 1. The van der Waals surface area contributed by atoms with E-state index in [2.05, 4.69) is 17.2 Å². The number of hydrogen-bond donors (Lipinski definition) is 2. The van der Waals surface area contributed by atoms with Crippen LogP contribution in [0.4, 0.5) is 5.69 Å². The molecule has 20 heavy (non-hydrogen) atoms. The van der Waals surface area contributed by atoms with Crippen molar-refractivity contribution in [3.63, 3.8) is 0 Å². The van der Waals surface area contributed by atoms with Gasteiger partial charge in [-0.25, -0.2) is 4.79 Å². The number of aromatic carboxylic acids is 1. The molecule has 0 saturated heterocycles. The molecule has 0 aliphatic rings. The van der Waals surface area contributed by atoms with Crippen LogP contribution in [0.1, 0.15) is 21.5 Å². The van der Waals surface area contributed by atoms with Gasteiger partial charge >= 0.3 is 5.97 Å². The van der Waals surface area contributed by atoms with Crippen LogP contribution in [0.5, 0.6) is 0 Å². The van der Waals surface area contributed by atoms with Gasteiger partial charge in [-0.3, -0.25) is 0 Å².